The summed E-state index contributed by atoms with van der Waals surface area (Å²) in [6, 6.07) is 8.98. The summed E-state index contributed by atoms with van der Waals surface area (Å²) in [4.78, 5) is 1.46. The minimum absolute atomic E-state index is 0.107. The molecule has 0 aliphatic carbocycles. The Hall–Kier alpha value is -0.210. The molecule has 1 aromatic heterocycles. The molecule has 0 saturated heterocycles. The molecule has 0 bridgehead atoms. The molecular formula is C14H15Br2NO2S2. The van der Waals surface area contributed by atoms with Gasteiger partial charge in [-0.3, -0.25) is 0 Å². The lowest BCUT2D eigenvalue weighted by atomic mass is 10.2. The maximum absolute atomic E-state index is 12.7. The Morgan fingerprint density at radius 3 is 2.57 bits per heavy atom. The van der Waals surface area contributed by atoms with Gasteiger partial charge < -0.3 is 0 Å². The number of nitrogens with zero attached hydrogens (tertiary/aromatic N) is 1. The van der Waals surface area contributed by atoms with E-state index in [0.717, 1.165) is 4.47 Å². The van der Waals surface area contributed by atoms with E-state index in [9.17, 15) is 8.42 Å². The molecule has 2 rings (SSSR count). The molecule has 0 aliphatic rings. The van der Waals surface area contributed by atoms with Gasteiger partial charge in [0.25, 0.3) is 0 Å². The highest BCUT2D eigenvalue weighted by molar-refractivity contribution is 9.11. The number of hydrogen-bond acceptors (Lipinski definition) is 3. The third kappa shape index (κ3) is 3.96. The Morgan fingerprint density at radius 2 is 2.00 bits per heavy atom. The smallest absolute Gasteiger partial charge is 0.207 e. The Kier molecular flexibility index (Phi) is 5.65. The zero-order chi connectivity index (χ0) is 15.6. The van der Waals surface area contributed by atoms with Gasteiger partial charge in [-0.25, -0.2) is 8.42 Å². The predicted octanol–water partition coefficient (Wildman–Crippen LogP) is 4.52. The molecule has 0 aliphatic heterocycles. The molecule has 114 valence electrons. The Labute approximate surface area is 146 Å². The molecule has 1 aromatic carbocycles. The van der Waals surface area contributed by atoms with Crippen molar-refractivity contribution in [2.45, 2.75) is 24.3 Å². The van der Waals surface area contributed by atoms with Crippen LogP contribution in [0.4, 0.5) is 0 Å². The molecule has 21 heavy (non-hydrogen) atoms. The molecule has 0 amide bonds. The lowest BCUT2D eigenvalue weighted by Gasteiger charge is -2.24. The fourth-order valence-corrected chi connectivity index (χ4v) is 5.82. The topological polar surface area (TPSA) is 37.4 Å². The second-order valence-electron chi connectivity index (χ2n) is 4.73. The average Bonchev–Trinajstić information content (AvgIpc) is 2.90. The highest BCUT2D eigenvalue weighted by Gasteiger charge is 2.27. The lowest BCUT2D eigenvalue weighted by Crippen LogP contribution is -2.36. The molecule has 1 heterocycles. The summed E-state index contributed by atoms with van der Waals surface area (Å²) in [5, 5.41) is 2.00. The van der Waals surface area contributed by atoms with E-state index in [1.807, 2.05) is 24.4 Å². The molecule has 0 fully saturated rings. The first-order valence-corrected chi connectivity index (χ1v) is 10.2. The van der Waals surface area contributed by atoms with Gasteiger partial charge in [0, 0.05) is 26.9 Å². The van der Waals surface area contributed by atoms with Gasteiger partial charge in [-0.2, -0.15) is 4.31 Å². The Bertz CT molecular complexity index is 715. The number of rotatable bonds is 5. The number of sulfonamides is 1. The number of benzene rings is 1. The van der Waals surface area contributed by atoms with Gasteiger partial charge in [0.2, 0.25) is 10.0 Å². The summed E-state index contributed by atoms with van der Waals surface area (Å²) < 4.78 is 28.3. The normalized spacial score (nSPS) is 13.6. The van der Waals surface area contributed by atoms with Crippen molar-refractivity contribution in [1.29, 1.82) is 0 Å². The van der Waals surface area contributed by atoms with Crippen LogP contribution in [0.25, 0.3) is 0 Å². The van der Waals surface area contributed by atoms with E-state index in [1.165, 1.54) is 9.18 Å². The first-order valence-electron chi connectivity index (χ1n) is 6.28. The molecule has 0 spiro atoms. The molecule has 1 atom stereocenters. The van der Waals surface area contributed by atoms with Crippen LogP contribution >= 0.6 is 43.2 Å². The highest BCUT2D eigenvalue weighted by Crippen LogP contribution is 2.29. The fraction of sp³-hybridized carbons (Fsp3) is 0.286. The summed E-state index contributed by atoms with van der Waals surface area (Å²) in [5.41, 5.74) is 0. The monoisotopic (exact) mass is 451 g/mol. The molecule has 7 heteroatoms. The van der Waals surface area contributed by atoms with Crippen molar-refractivity contribution in [1.82, 2.24) is 4.31 Å². The van der Waals surface area contributed by atoms with E-state index in [-0.39, 0.29) is 10.9 Å². The average molecular weight is 453 g/mol. The highest BCUT2D eigenvalue weighted by atomic mass is 79.9. The van der Waals surface area contributed by atoms with Crippen LogP contribution in [0.3, 0.4) is 0 Å². The van der Waals surface area contributed by atoms with Gasteiger partial charge in [0.05, 0.1) is 4.90 Å². The first-order chi connectivity index (χ1) is 9.82. The van der Waals surface area contributed by atoms with E-state index < -0.39 is 10.0 Å². The zero-order valence-electron chi connectivity index (χ0n) is 11.6. The zero-order valence-corrected chi connectivity index (χ0v) is 16.4. The van der Waals surface area contributed by atoms with Gasteiger partial charge in [-0.05, 0) is 58.9 Å². The van der Waals surface area contributed by atoms with Gasteiger partial charge in [0.15, 0.2) is 0 Å². The fourth-order valence-electron chi connectivity index (χ4n) is 1.92. The number of halogens is 2. The van der Waals surface area contributed by atoms with Gasteiger partial charge >= 0.3 is 0 Å². The quantitative estimate of drug-likeness (QED) is 0.668. The second-order valence-corrected chi connectivity index (χ2v) is 9.50. The van der Waals surface area contributed by atoms with Crippen LogP contribution in [0.15, 0.2) is 49.6 Å². The van der Waals surface area contributed by atoms with E-state index in [0.29, 0.717) is 10.9 Å². The van der Waals surface area contributed by atoms with E-state index >= 15 is 0 Å². The minimum atomic E-state index is -3.52. The van der Waals surface area contributed by atoms with Gasteiger partial charge in [-0.15, -0.1) is 11.3 Å². The van der Waals surface area contributed by atoms with E-state index in [1.54, 1.807) is 36.6 Å². The second kappa shape index (κ2) is 6.91. The van der Waals surface area contributed by atoms with Crippen LogP contribution in [-0.2, 0) is 16.4 Å². The molecular weight excluding hydrogens is 438 g/mol. The predicted molar refractivity (Wildman–Crippen MR) is 94.3 cm³/mol. The van der Waals surface area contributed by atoms with Crippen molar-refractivity contribution in [3.63, 3.8) is 0 Å². The molecule has 3 nitrogen and oxygen atoms in total. The minimum Gasteiger partial charge on any atom is -0.207 e. The molecule has 0 radical (unpaired) electrons. The summed E-state index contributed by atoms with van der Waals surface area (Å²) in [5.74, 6) is 0. The van der Waals surface area contributed by atoms with Crippen molar-refractivity contribution >= 4 is 53.2 Å². The van der Waals surface area contributed by atoms with Crippen LogP contribution in [0.2, 0.25) is 0 Å². The SMILES string of the molecule is CC(Cc1cccs1)N(C)S(=O)(=O)c1ccc(Br)cc1Br. The number of hydrogen-bond donors (Lipinski definition) is 0. The van der Waals surface area contributed by atoms with E-state index in [4.69, 9.17) is 0 Å². The van der Waals surface area contributed by atoms with Gasteiger partial charge in [-0.1, -0.05) is 22.0 Å². The standard InChI is InChI=1S/C14H15Br2NO2S2/c1-10(8-12-4-3-7-20-12)17(2)21(18,19)14-6-5-11(15)9-13(14)16/h3-7,9-10H,8H2,1-2H3. The molecule has 0 saturated carbocycles. The summed E-state index contributed by atoms with van der Waals surface area (Å²) in [7, 11) is -1.89. The van der Waals surface area contributed by atoms with Crippen LogP contribution in [0.1, 0.15) is 11.8 Å². The molecule has 2 aromatic rings. The van der Waals surface area contributed by atoms with E-state index in [2.05, 4.69) is 31.9 Å². The van der Waals surface area contributed by atoms with Gasteiger partial charge in [0.1, 0.15) is 0 Å². The van der Waals surface area contributed by atoms with Crippen molar-refractivity contribution in [2.75, 3.05) is 7.05 Å². The first kappa shape index (κ1) is 17.1. The lowest BCUT2D eigenvalue weighted by molar-refractivity contribution is 0.388. The van der Waals surface area contributed by atoms with Crippen molar-refractivity contribution in [3.05, 3.63) is 49.5 Å². The number of thiophene rings is 1. The third-order valence-electron chi connectivity index (χ3n) is 3.25. The largest absolute Gasteiger partial charge is 0.244 e. The Morgan fingerprint density at radius 1 is 1.29 bits per heavy atom. The Balaban J connectivity index is 2.25. The third-order valence-corrected chi connectivity index (χ3v) is 7.59. The maximum Gasteiger partial charge on any atom is 0.244 e. The van der Waals surface area contributed by atoms with Crippen LogP contribution in [0.5, 0.6) is 0 Å². The molecule has 1 unspecified atom stereocenters. The molecule has 0 N–H and O–H groups in total. The van der Waals surface area contributed by atoms with Crippen LogP contribution in [-0.4, -0.2) is 25.8 Å². The summed E-state index contributed by atoms with van der Waals surface area (Å²) in [6.45, 7) is 1.92. The maximum atomic E-state index is 12.7. The van der Waals surface area contributed by atoms with Crippen molar-refractivity contribution in [3.8, 4) is 0 Å². The number of likely N-dealkylation sites (N-methyl/N-ethyl adjacent to an activating group) is 1. The summed E-state index contributed by atoms with van der Waals surface area (Å²) >= 11 is 8.30. The summed E-state index contributed by atoms with van der Waals surface area (Å²) in [6.07, 6.45) is 0.710. The van der Waals surface area contributed by atoms with Crippen LogP contribution < -0.4 is 0 Å². The van der Waals surface area contributed by atoms with Crippen molar-refractivity contribution < 1.29 is 8.42 Å². The van der Waals surface area contributed by atoms with Crippen LogP contribution in [0, 0.1) is 0 Å². The van der Waals surface area contributed by atoms with Crippen molar-refractivity contribution in [2.24, 2.45) is 0 Å².